The van der Waals surface area contributed by atoms with Crippen LogP contribution in [0.2, 0.25) is 0 Å². The number of benzene rings is 2. The van der Waals surface area contributed by atoms with Crippen molar-refractivity contribution in [1.82, 2.24) is 0 Å². The van der Waals surface area contributed by atoms with Crippen LogP contribution in [-0.4, -0.2) is 16.9 Å². The molecule has 0 aliphatic heterocycles. The van der Waals surface area contributed by atoms with Crippen LogP contribution in [0.5, 0.6) is 5.75 Å². The van der Waals surface area contributed by atoms with Crippen LogP contribution in [0.15, 0.2) is 42.5 Å². The average Bonchev–Trinajstić information content (AvgIpc) is 2.54. The topological polar surface area (TPSA) is 63.6 Å². The normalized spacial score (nSPS) is 10.4. The number of ketones is 1. The second kappa shape index (κ2) is 8.29. The van der Waals surface area contributed by atoms with E-state index >= 15 is 0 Å². The van der Waals surface area contributed by atoms with Gasteiger partial charge in [-0.1, -0.05) is 30.3 Å². The van der Waals surface area contributed by atoms with Gasteiger partial charge in [-0.05, 0) is 49.1 Å². The van der Waals surface area contributed by atoms with Gasteiger partial charge < -0.3 is 9.84 Å². The molecule has 0 saturated heterocycles. The van der Waals surface area contributed by atoms with Gasteiger partial charge in [0.1, 0.15) is 12.4 Å². The highest BCUT2D eigenvalue weighted by molar-refractivity contribution is 5.96. The number of hydrogen-bond donors (Lipinski definition) is 1. The standard InChI is InChI=1S/C20H22O4/c1-14-6-3-7-15(2)18(14)13-24-17-9-4-8-16(12-17)19(21)10-5-11-20(22)23/h3-4,6-9,12H,5,10-11,13H2,1-2H3,(H,22,23). The van der Waals surface area contributed by atoms with Gasteiger partial charge in [-0.2, -0.15) is 0 Å². The maximum Gasteiger partial charge on any atom is 0.303 e. The first-order valence-corrected chi connectivity index (χ1v) is 8.00. The van der Waals surface area contributed by atoms with Crippen LogP contribution in [0, 0.1) is 13.8 Å². The van der Waals surface area contributed by atoms with Crippen LogP contribution in [0.1, 0.15) is 46.3 Å². The quantitative estimate of drug-likeness (QED) is 0.734. The summed E-state index contributed by atoms with van der Waals surface area (Å²) in [5, 5.41) is 8.63. The molecule has 2 aromatic rings. The maximum absolute atomic E-state index is 12.1. The number of carboxylic acids is 1. The Morgan fingerprint density at radius 3 is 2.33 bits per heavy atom. The first kappa shape index (κ1) is 17.7. The summed E-state index contributed by atoms with van der Waals surface area (Å²) in [5.74, 6) is -0.302. The molecule has 2 rings (SSSR count). The second-order valence-electron chi connectivity index (χ2n) is 5.86. The first-order chi connectivity index (χ1) is 11.5. The smallest absolute Gasteiger partial charge is 0.303 e. The summed E-state index contributed by atoms with van der Waals surface area (Å²) in [5.41, 5.74) is 4.06. The molecule has 0 heterocycles. The zero-order valence-corrected chi connectivity index (χ0v) is 14.0. The lowest BCUT2D eigenvalue weighted by atomic mass is 10.0. The molecule has 2 aromatic carbocycles. The predicted octanol–water partition coefficient (Wildman–Crippen LogP) is 4.32. The SMILES string of the molecule is Cc1cccc(C)c1COc1cccc(C(=O)CCCC(=O)O)c1. The Hall–Kier alpha value is -2.62. The molecule has 0 amide bonds. The van der Waals surface area contributed by atoms with Crippen molar-refractivity contribution in [2.24, 2.45) is 0 Å². The van der Waals surface area contributed by atoms with E-state index in [1.54, 1.807) is 18.2 Å². The fourth-order valence-electron chi connectivity index (χ4n) is 2.54. The molecular weight excluding hydrogens is 304 g/mol. The Kier molecular flexibility index (Phi) is 6.13. The van der Waals surface area contributed by atoms with Crippen LogP contribution in [0.3, 0.4) is 0 Å². The van der Waals surface area contributed by atoms with Gasteiger partial charge in [-0.15, -0.1) is 0 Å². The number of hydrogen-bond acceptors (Lipinski definition) is 3. The van der Waals surface area contributed by atoms with Gasteiger partial charge in [0.25, 0.3) is 0 Å². The van der Waals surface area contributed by atoms with Crippen molar-refractivity contribution in [2.45, 2.75) is 39.7 Å². The van der Waals surface area contributed by atoms with Crippen molar-refractivity contribution < 1.29 is 19.4 Å². The molecule has 4 heteroatoms. The number of carboxylic acid groups (broad SMARTS) is 1. The lowest BCUT2D eigenvalue weighted by molar-refractivity contribution is -0.137. The largest absolute Gasteiger partial charge is 0.489 e. The highest BCUT2D eigenvalue weighted by Gasteiger charge is 2.09. The van der Waals surface area contributed by atoms with Crippen molar-refractivity contribution in [1.29, 1.82) is 0 Å². The highest BCUT2D eigenvalue weighted by atomic mass is 16.5. The Morgan fingerprint density at radius 1 is 1.00 bits per heavy atom. The first-order valence-electron chi connectivity index (χ1n) is 8.00. The van der Waals surface area contributed by atoms with Gasteiger partial charge in [0, 0.05) is 18.4 Å². The third-order valence-corrected chi connectivity index (χ3v) is 3.98. The highest BCUT2D eigenvalue weighted by Crippen LogP contribution is 2.20. The van der Waals surface area contributed by atoms with Gasteiger partial charge in [0.2, 0.25) is 0 Å². The third-order valence-electron chi connectivity index (χ3n) is 3.98. The van der Waals surface area contributed by atoms with E-state index in [-0.39, 0.29) is 18.6 Å². The molecule has 4 nitrogen and oxygen atoms in total. The molecule has 0 aliphatic rings. The van der Waals surface area contributed by atoms with Crippen LogP contribution in [-0.2, 0) is 11.4 Å². The molecule has 0 aromatic heterocycles. The van der Waals surface area contributed by atoms with Crippen molar-refractivity contribution in [3.8, 4) is 5.75 Å². The second-order valence-corrected chi connectivity index (χ2v) is 5.86. The van der Waals surface area contributed by atoms with E-state index in [1.165, 1.54) is 11.1 Å². The van der Waals surface area contributed by atoms with E-state index in [9.17, 15) is 9.59 Å². The molecule has 0 fully saturated rings. The van der Waals surface area contributed by atoms with Crippen LogP contribution >= 0.6 is 0 Å². The Labute approximate surface area is 142 Å². The molecular formula is C20H22O4. The summed E-state index contributed by atoms with van der Waals surface area (Å²) in [7, 11) is 0. The van der Waals surface area contributed by atoms with Crippen LogP contribution < -0.4 is 4.74 Å². The maximum atomic E-state index is 12.1. The Balaban J connectivity index is 2.00. The molecule has 126 valence electrons. The number of ether oxygens (including phenoxy) is 1. The third kappa shape index (κ3) is 4.95. The van der Waals surface area contributed by atoms with Gasteiger partial charge in [-0.3, -0.25) is 9.59 Å². The molecule has 0 saturated carbocycles. The van der Waals surface area contributed by atoms with Crippen molar-refractivity contribution in [3.63, 3.8) is 0 Å². The monoisotopic (exact) mass is 326 g/mol. The predicted molar refractivity (Wildman–Crippen MR) is 92.5 cm³/mol. The summed E-state index contributed by atoms with van der Waals surface area (Å²) in [6.07, 6.45) is 0.586. The minimum Gasteiger partial charge on any atom is -0.489 e. The summed E-state index contributed by atoms with van der Waals surface area (Å²) in [6.45, 7) is 4.55. The fourth-order valence-corrected chi connectivity index (χ4v) is 2.54. The zero-order valence-electron chi connectivity index (χ0n) is 14.0. The molecule has 0 spiro atoms. The van der Waals surface area contributed by atoms with Crippen molar-refractivity contribution >= 4 is 11.8 Å². The zero-order chi connectivity index (χ0) is 17.5. The molecule has 0 bridgehead atoms. The number of aryl methyl sites for hydroxylation is 2. The van der Waals surface area contributed by atoms with Crippen LogP contribution in [0.25, 0.3) is 0 Å². The molecule has 0 unspecified atom stereocenters. The van der Waals surface area contributed by atoms with E-state index in [4.69, 9.17) is 9.84 Å². The molecule has 0 radical (unpaired) electrons. The minimum atomic E-state index is -0.881. The van der Waals surface area contributed by atoms with E-state index in [0.29, 0.717) is 24.3 Å². The van der Waals surface area contributed by atoms with Crippen molar-refractivity contribution in [2.75, 3.05) is 0 Å². The van der Waals surface area contributed by atoms with E-state index in [2.05, 4.69) is 0 Å². The van der Waals surface area contributed by atoms with Gasteiger partial charge in [0.15, 0.2) is 5.78 Å². The summed E-state index contributed by atoms with van der Waals surface area (Å²) in [6, 6.07) is 13.2. The lowest BCUT2D eigenvalue weighted by Gasteiger charge is -2.12. The summed E-state index contributed by atoms with van der Waals surface area (Å²) in [4.78, 5) is 22.6. The Bertz CT molecular complexity index is 714. The van der Waals surface area contributed by atoms with Gasteiger partial charge >= 0.3 is 5.97 Å². The van der Waals surface area contributed by atoms with E-state index < -0.39 is 5.97 Å². The fraction of sp³-hybridized carbons (Fsp3) is 0.300. The van der Waals surface area contributed by atoms with Crippen LogP contribution in [0.4, 0.5) is 0 Å². The number of carbonyl (C=O) groups is 2. The Morgan fingerprint density at radius 2 is 1.67 bits per heavy atom. The lowest BCUT2D eigenvalue weighted by Crippen LogP contribution is -2.03. The molecule has 0 atom stereocenters. The molecule has 24 heavy (non-hydrogen) atoms. The van der Waals surface area contributed by atoms with Crippen molar-refractivity contribution in [3.05, 3.63) is 64.7 Å². The number of aliphatic carboxylic acids is 1. The minimum absolute atomic E-state index is 0.00842. The van der Waals surface area contributed by atoms with Gasteiger partial charge in [0.05, 0.1) is 0 Å². The number of carbonyl (C=O) groups excluding carboxylic acids is 1. The average molecular weight is 326 g/mol. The van der Waals surface area contributed by atoms with Gasteiger partial charge in [-0.25, -0.2) is 0 Å². The summed E-state index contributed by atoms with van der Waals surface area (Å²) < 4.78 is 5.84. The van der Waals surface area contributed by atoms with E-state index in [1.807, 2.05) is 38.1 Å². The molecule has 1 N–H and O–H groups in total. The molecule has 0 aliphatic carbocycles. The number of Topliss-reactive ketones (excluding diaryl/α,β-unsaturated/α-hetero) is 1. The summed E-state index contributed by atoms with van der Waals surface area (Å²) >= 11 is 0. The van der Waals surface area contributed by atoms with E-state index in [0.717, 1.165) is 5.56 Å². The number of rotatable bonds is 8.